The Balaban J connectivity index is 2.85. The predicted molar refractivity (Wildman–Crippen MR) is 52.0 cm³/mol. The Morgan fingerprint density at radius 2 is 2.14 bits per heavy atom. The van der Waals surface area contributed by atoms with Crippen LogP contribution in [0, 0.1) is 11.8 Å². The van der Waals surface area contributed by atoms with E-state index in [0.717, 1.165) is 11.3 Å². The summed E-state index contributed by atoms with van der Waals surface area (Å²) in [7, 11) is 0. The number of amides is 2. The normalized spacial score (nSPS) is 8.64. The molecule has 1 rings (SSSR count). The molecular weight excluding hydrogens is 202 g/mol. The monoisotopic (exact) mass is 209 g/mol. The Morgan fingerprint density at radius 1 is 1.43 bits per heavy atom. The van der Waals surface area contributed by atoms with E-state index in [4.69, 9.17) is 11.6 Å². The predicted octanol–water partition coefficient (Wildman–Crippen LogP) is -0.812. The molecule has 1 aromatic rings. The molecule has 1 aromatic heterocycles. The highest BCUT2D eigenvalue weighted by Gasteiger charge is 2.05. The van der Waals surface area contributed by atoms with Gasteiger partial charge in [-0.1, -0.05) is 0 Å². The molecule has 5 N–H and O–H groups in total. The van der Waals surface area contributed by atoms with E-state index in [9.17, 15) is 9.59 Å². The maximum absolute atomic E-state index is 11.0. The van der Waals surface area contributed by atoms with Crippen LogP contribution in [0.5, 0.6) is 0 Å². The van der Waals surface area contributed by atoms with E-state index < -0.39 is 5.91 Å². The molecule has 0 aromatic carbocycles. The Labute approximate surface area is 84.1 Å². The largest absolute Gasteiger partial charge is 0.359 e. The van der Waals surface area contributed by atoms with Gasteiger partial charge in [0.1, 0.15) is 0 Å². The molecule has 0 unspecified atom stereocenters. The van der Waals surface area contributed by atoms with Crippen molar-refractivity contribution in [1.82, 2.24) is 5.43 Å². The number of nitrogens with one attached hydrogen (secondary N) is 1. The summed E-state index contributed by atoms with van der Waals surface area (Å²) in [5.41, 5.74) is 6.82. The third kappa shape index (κ3) is 2.58. The van der Waals surface area contributed by atoms with Gasteiger partial charge in [0, 0.05) is 5.92 Å². The first kappa shape index (κ1) is 10.2. The summed E-state index contributed by atoms with van der Waals surface area (Å²) in [5.74, 6) is 8.53. The first-order chi connectivity index (χ1) is 6.63. The molecule has 72 valence electrons. The Morgan fingerprint density at radius 3 is 2.71 bits per heavy atom. The average Bonchev–Trinajstić information content (AvgIpc) is 2.62. The van der Waals surface area contributed by atoms with E-state index in [-0.39, 0.29) is 5.91 Å². The summed E-state index contributed by atoms with van der Waals surface area (Å²) in [6.45, 7) is 0. The van der Waals surface area contributed by atoms with Crippen molar-refractivity contribution in [3.63, 3.8) is 0 Å². The fourth-order valence-electron chi connectivity index (χ4n) is 0.721. The molecule has 0 atom stereocenters. The first-order valence-electron chi connectivity index (χ1n) is 3.55. The average molecular weight is 209 g/mol. The van der Waals surface area contributed by atoms with Crippen LogP contribution in [-0.4, -0.2) is 11.8 Å². The van der Waals surface area contributed by atoms with Crippen LogP contribution in [0.3, 0.4) is 0 Å². The number of hydrogen-bond acceptors (Lipinski definition) is 4. The minimum absolute atomic E-state index is 0.387. The van der Waals surface area contributed by atoms with Gasteiger partial charge < -0.3 is 5.73 Å². The molecule has 0 bridgehead atoms. The number of hydrazine groups is 1. The summed E-state index contributed by atoms with van der Waals surface area (Å²) in [5, 5.41) is 0. The number of primary amides is 1. The van der Waals surface area contributed by atoms with Crippen molar-refractivity contribution in [1.29, 1.82) is 0 Å². The number of carbonyl (C=O) groups is 2. The number of carbonyl (C=O) groups excluding carboxylic acids is 2. The number of hydrogen-bond donors (Lipinski definition) is 3. The third-order valence-corrected chi connectivity index (χ3v) is 2.27. The van der Waals surface area contributed by atoms with E-state index in [1.807, 2.05) is 5.43 Å². The minimum Gasteiger partial charge on any atom is -0.359 e. The molecule has 2 amide bonds. The Kier molecular flexibility index (Phi) is 3.23. The molecule has 0 aliphatic carbocycles. The van der Waals surface area contributed by atoms with Crippen LogP contribution in [-0.2, 0) is 4.79 Å². The lowest BCUT2D eigenvalue weighted by Crippen LogP contribution is -2.29. The lowest BCUT2D eigenvalue weighted by Gasteiger charge is -1.91. The van der Waals surface area contributed by atoms with Crippen molar-refractivity contribution in [2.24, 2.45) is 11.6 Å². The van der Waals surface area contributed by atoms with Gasteiger partial charge in [0.15, 0.2) is 0 Å². The van der Waals surface area contributed by atoms with Crippen LogP contribution in [0.4, 0.5) is 0 Å². The number of rotatable bonds is 1. The molecular formula is C8H7N3O2S. The Hall–Kier alpha value is -1.84. The SMILES string of the molecule is NNC(=O)c1ccc(C#CC(N)=O)s1. The van der Waals surface area contributed by atoms with E-state index in [0.29, 0.717) is 9.75 Å². The topological polar surface area (TPSA) is 98.2 Å². The minimum atomic E-state index is -0.705. The molecule has 0 saturated heterocycles. The number of thiophene rings is 1. The van der Waals surface area contributed by atoms with Gasteiger partial charge in [-0.2, -0.15) is 0 Å². The van der Waals surface area contributed by atoms with Gasteiger partial charge in [0.25, 0.3) is 11.8 Å². The van der Waals surface area contributed by atoms with Crippen molar-refractivity contribution < 1.29 is 9.59 Å². The summed E-state index contributed by atoms with van der Waals surface area (Å²) in [6, 6.07) is 3.18. The van der Waals surface area contributed by atoms with Crippen LogP contribution >= 0.6 is 11.3 Å². The van der Waals surface area contributed by atoms with Crippen LogP contribution in [0.15, 0.2) is 12.1 Å². The maximum atomic E-state index is 11.0. The molecule has 0 saturated carbocycles. The molecule has 1 heterocycles. The first-order valence-corrected chi connectivity index (χ1v) is 4.37. The molecule has 0 radical (unpaired) electrons. The molecule has 6 heteroatoms. The lowest BCUT2D eigenvalue weighted by atomic mass is 10.4. The van der Waals surface area contributed by atoms with Gasteiger partial charge in [-0.3, -0.25) is 15.0 Å². The molecule has 0 fully saturated rings. The van der Waals surface area contributed by atoms with E-state index >= 15 is 0 Å². The van der Waals surface area contributed by atoms with Gasteiger partial charge in [0.2, 0.25) is 0 Å². The molecule has 0 aliphatic rings. The molecule has 0 aliphatic heterocycles. The maximum Gasteiger partial charge on any atom is 0.293 e. The van der Waals surface area contributed by atoms with E-state index in [1.54, 1.807) is 12.1 Å². The van der Waals surface area contributed by atoms with Gasteiger partial charge in [-0.15, -0.1) is 11.3 Å². The van der Waals surface area contributed by atoms with Crippen LogP contribution in [0.25, 0.3) is 0 Å². The zero-order valence-electron chi connectivity index (χ0n) is 7.03. The number of nitrogens with two attached hydrogens (primary N) is 2. The van der Waals surface area contributed by atoms with Crippen LogP contribution in [0.2, 0.25) is 0 Å². The van der Waals surface area contributed by atoms with E-state index in [1.165, 1.54) is 0 Å². The Bertz CT molecular complexity index is 427. The summed E-state index contributed by atoms with van der Waals surface area (Å²) >= 11 is 1.13. The number of nitrogen functional groups attached to an aromatic ring is 1. The van der Waals surface area contributed by atoms with Gasteiger partial charge in [-0.05, 0) is 18.1 Å². The van der Waals surface area contributed by atoms with Gasteiger partial charge in [-0.25, -0.2) is 5.84 Å². The quantitative estimate of drug-likeness (QED) is 0.244. The van der Waals surface area contributed by atoms with Gasteiger partial charge in [0.05, 0.1) is 9.75 Å². The smallest absolute Gasteiger partial charge is 0.293 e. The fourth-order valence-corrected chi connectivity index (χ4v) is 1.48. The van der Waals surface area contributed by atoms with Crippen LogP contribution in [0.1, 0.15) is 14.5 Å². The van der Waals surface area contributed by atoms with Gasteiger partial charge >= 0.3 is 0 Å². The van der Waals surface area contributed by atoms with Crippen LogP contribution < -0.4 is 17.0 Å². The van der Waals surface area contributed by atoms with E-state index in [2.05, 4.69) is 11.8 Å². The standard InChI is InChI=1S/C8H7N3O2S/c9-7(12)4-2-5-1-3-6(14-5)8(13)11-10/h1,3H,10H2,(H2,9,12)(H,11,13). The highest BCUT2D eigenvalue weighted by molar-refractivity contribution is 7.14. The summed E-state index contributed by atoms with van der Waals surface area (Å²) in [4.78, 5) is 22.3. The molecule has 5 nitrogen and oxygen atoms in total. The van der Waals surface area contributed by atoms with Crippen molar-refractivity contribution in [3.8, 4) is 11.8 Å². The third-order valence-electron chi connectivity index (χ3n) is 1.27. The van der Waals surface area contributed by atoms with Crippen molar-refractivity contribution in [3.05, 3.63) is 21.9 Å². The highest BCUT2D eigenvalue weighted by Crippen LogP contribution is 2.14. The second-order valence-corrected chi connectivity index (χ2v) is 3.34. The summed E-state index contributed by atoms with van der Waals surface area (Å²) < 4.78 is 0. The zero-order chi connectivity index (χ0) is 10.6. The fraction of sp³-hybridized carbons (Fsp3) is 0. The molecule has 14 heavy (non-hydrogen) atoms. The second kappa shape index (κ2) is 4.41. The van der Waals surface area contributed by atoms with Crippen molar-refractivity contribution in [2.75, 3.05) is 0 Å². The van der Waals surface area contributed by atoms with Crippen molar-refractivity contribution in [2.45, 2.75) is 0 Å². The summed E-state index contributed by atoms with van der Waals surface area (Å²) in [6.07, 6.45) is 0. The van der Waals surface area contributed by atoms with Crippen molar-refractivity contribution >= 4 is 23.2 Å². The highest BCUT2D eigenvalue weighted by atomic mass is 32.1. The lowest BCUT2D eigenvalue weighted by molar-refractivity contribution is -0.112. The molecule has 0 spiro atoms. The zero-order valence-corrected chi connectivity index (χ0v) is 7.85. The second-order valence-electron chi connectivity index (χ2n) is 2.25.